The van der Waals surface area contributed by atoms with Crippen LogP contribution in [0.4, 0.5) is 0 Å². The van der Waals surface area contributed by atoms with Crippen molar-refractivity contribution >= 4 is 28.6 Å². The Hall–Kier alpha value is -3.97. The van der Waals surface area contributed by atoms with Gasteiger partial charge in [0.2, 0.25) is 0 Å². The molecule has 3 aromatic rings. The Kier molecular flexibility index (Phi) is 7.53. The fraction of sp³-hybridized carbons (Fsp3) is 0.290. The highest BCUT2D eigenvalue weighted by molar-refractivity contribution is 6.48. The number of aromatic carboxylic acids is 1. The molecule has 0 fully saturated rings. The summed E-state index contributed by atoms with van der Waals surface area (Å²) < 4.78 is 1.85. The van der Waals surface area contributed by atoms with E-state index in [0.29, 0.717) is 23.6 Å². The maximum absolute atomic E-state index is 12.8. The van der Waals surface area contributed by atoms with Crippen LogP contribution in [0.15, 0.2) is 90.7 Å². The summed E-state index contributed by atoms with van der Waals surface area (Å²) in [6.45, 7) is 2.73. The Balaban J connectivity index is 1.35. The molecule has 7 nitrogen and oxygen atoms in total. The molecule has 0 unspecified atom stereocenters. The van der Waals surface area contributed by atoms with Crippen LogP contribution in [0.5, 0.6) is 0 Å². The van der Waals surface area contributed by atoms with Gasteiger partial charge in [0.05, 0.1) is 17.2 Å². The second-order valence-corrected chi connectivity index (χ2v) is 10.9. The molecular weight excluding hydrogens is 514 g/mol. The lowest BCUT2D eigenvalue weighted by Gasteiger charge is -2.46. The molecule has 8 heteroatoms. The van der Waals surface area contributed by atoms with Crippen LogP contribution in [0, 0.1) is 23.2 Å². The summed E-state index contributed by atoms with van der Waals surface area (Å²) in [5, 5.41) is 28.7. The number of allylic oxidation sites excluding steroid dienone is 4. The molecule has 1 aromatic heterocycles. The van der Waals surface area contributed by atoms with E-state index in [0.717, 1.165) is 29.7 Å². The van der Waals surface area contributed by atoms with Crippen molar-refractivity contribution in [1.29, 1.82) is 0 Å². The van der Waals surface area contributed by atoms with Gasteiger partial charge in [-0.3, -0.25) is 9.48 Å². The minimum Gasteiger partial charge on any atom is -0.481 e. The number of benzene rings is 2. The smallest absolute Gasteiger partial charge is 0.335 e. The van der Waals surface area contributed by atoms with Crippen LogP contribution in [0.2, 0.25) is 0 Å². The van der Waals surface area contributed by atoms with Gasteiger partial charge in [-0.1, -0.05) is 89.2 Å². The highest BCUT2D eigenvalue weighted by Crippen LogP contribution is 2.53. The van der Waals surface area contributed by atoms with Gasteiger partial charge in [-0.2, -0.15) is 0 Å². The van der Waals surface area contributed by atoms with E-state index in [1.165, 1.54) is 12.1 Å². The van der Waals surface area contributed by atoms with E-state index in [4.69, 9.17) is 16.7 Å². The molecule has 0 spiro atoms. The topological polar surface area (TPSA) is 105 Å². The summed E-state index contributed by atoms with van der Waals surface area (Å²) >= 11 is 6.66. The average Bonchev–Trinajstić information content (AvgIpc) is 3.41. The van der Waals surface area contributed by atoms with E-state index in [1.54, 1.807) is 18.2 Å². The molecule has 1 heterocycles. The normalized spacial score (nSPS) is 24.6. The predicted octanol–water partition coefficient (Wildman–Crippen LogP) is 6.54. The van der Waals surface area contributed by atoms with Gasteiger partial charge in [-0.15, -0.1) is 5.10 Å². The van der Waals surface area contributed by atoms with E-state index < -0.39 is 23.3 Å². The summed E-state index contributed by atoms with van der Waals surface area (Å²) in [5.74, 6) is -2.15. The fourth-order valence-corrected chi connectivity index (χ4v) is 6.13. The Morgan fingerprint density at radius 3 is 2.51 bits per heavy atom. The van der Waals surface area contributed by atoms with Crippen LogP contribution < -0.4 is 0 Å². The highest BCUT2D eigenvalue weighted by Gasteiger charge is 2.52. The largest absolute Gasteiger partial charge is 0.481 e. The molecule has 2 aliphatic carbocycles. The van der Waals surface area contributed by atoms with Gasteiger partial charge in [0.15, 0.2) is 0 Å². The second kappa shape index (κ2) is 11.0. The first-order chi connectivity index (χ1) is 18.8. The SMILES string of the molecule is CC1=C[C@@H](/C=C(\Cl)c2ccc(C(=O)O)cc2)[C@]2(C(=O)O)C=C[C@@H](CCn3cc(-c4ccccc4)nn3)C[C@@H]2C1. The number of halogens is 1. The molecule has 2 aliphatic rings. The van der Waals surface area contributed by atoms with Crippen LogP contribution in [-0.4, -0.2) is 37.1 Å². The van der Waals surface area contributed by atoms with Crippen molar-refractivity contribution in [2.75, 3.05) is 0 Å². The van der Waals surface area contributed by atoms with E-state index in [2.05, 4.69) is 10.3 Å². The lowest BCUT2D eigenvalue weighted by Crippen LogP contribution is -2.47. The lowest BCUT2D eigenvalue weighted by molar-refractivity contribution is -0.152. The summed E-state index contributed by atoms with van der Waals surface area (Å²) in [6, 6.07) is 16.2. The summed E-state index contributed by atoms with van der Waals surface area (Å²) in [7, 11) is 0. The first-order valence-corrected chi connectivity index (χ1v) is 13.4. The number of rotatable bonds is 8. The number of aromatic nitrogens is 3. The molecule has 0 saturated carbocycles. The lowest BCUT2D eigenvalue weighted by atomic mass is 9.56. The molecule has 0 saturated heterocycles. The zero-order valence-electron chi connectivity index (χ0n) is 21.6. The van der Waals surface area contributed by atoms with Gasteiger partial charge in [-0.25, -0.2) is 4.79 Å². The van der Waals surface area contributed by atoms with Gasteiger partial charge >= 0.3 is 11.9 Å². The quantitative estimate of drug-likeness (QED) is 0.312. The zero-order chi connectivity index (χ0) is 27.6. The molecular formula is C31H30ClN3O4. The molecule has 4 atom stereocenters. The second-order valence-electron chi connectivity index (χ2n) is 10.5. The maximum atomic E-state index is 12.8. The number of aliphatic carboxylic acids is 1. The Bertz CT molecular complexity index is 1460. The van der Waals surface area contributed by atoms with E-state index in [-0.39, 0.29) is 17.4 Å². The Morgan fingerprint density at radius 2 is 1.82 bits per heavy atom. The van der Waals surface area contributed by atoms with E-state index >= 15 is 0 Å². The first-order valence-electron chi connectivity index (χ1n) is 13.0. The van der Waals surface area contributed by atoms with Crippen molar-refractivity contribution < 1.29 is 19.8 Å². The van der Waals surface area contributed by atoms with Crippen LogP contribution >= 0.6 is 11.6 Å². The van der Waals surface area contributed by atoms with Crippen molar-refractivity contribution in [2.24, 2.45) is 23.2 Å². The molecule has 0 amide bonds. The fourth-order valence-electron chi connectivity index (χ4n) is 5.87. The van der Waals surface area contributed by atoms with Gasteiger partial charge in [-0.05, 0) is 55.7 Å². The molecule has 2 N–H and O–H groups in total. The number of carbonyl (C=O) groups is 2. The van der Waals surface area contributed by atoms with Crippen molar-refractivity contribution in [3.63, 3.8) is 0 Å². The predicted molar refractivity (Wildman–Crippen MR) is 150 cm³/mol. The monoisotopic (exact) mass is 543 g/mol. The maximum Gasteiger partial charge on any atom is 0.335 e. The van der Waals surface area contributed by atoms with Gasteiger partial charge < -0.3 is 10.2 Å². The Morgan fingerprint density at radius 1 is 1.10 bits per heavy atom. The van der Waals surface area contributed by atoms with Gasteiger partial charge in [0.25, 0.3) is 0 Å². The minimum atomic E-state index is -1.09. The number of carboxylic acid groups (broad SMARTS) is 2. The van der Waals surface area contributed by atoms with E-state index in [9.17, 15) is 14.7 Å². The Labute approximate surface area is 232 Å². The summed E-state index contributed by atoms with van der Waals surface area (Å²) in [6.07, 6.45) is 12.0. The van der Waals surface area contributed by atoms with E-state index in [1.807, 2.05) is 66.4 Å². The number of hydrogen-bond donors (Lipinski definition) is 2. The standard InChI is InChI=1S/C31H30ClN3O4/c1-20-15-25-17-21(12-14-35-19-28(33-34-35)23-5-3-2-4-6-23)11-13-31(25,30(38)39)26(16-20)18-27(32)22-7-9-24(10-8-22)29(36)37/h2-11,13,16,18-19,21,25-26H,12,14-15,17H2,1H3,(H,36,37)(H,38,39)/b27-18-/t21-,25-,26-,31-/m0/s1. The van der Waals surface area contributed by atoms with Gasteiger partial charge in [0, 0.05) is 23.1 Å². The number of hydrogen-bond acceptors (Lipinski definition) is 4. The van der Waals surface area contributed by atoms with Crippen molar-refractivity contribution in [2.45, 2.75) is 32.7 Å². The van der Waals surface area contributed by atoms with Crippen LogP contribution in [0.3, 0.4) is 0 Å². The molecule has 5 rings (SSSR count). The highest BCUT2D eigenvalue weighted by atomic mass is 35.5. The van der Waals surface area contributed by atoms with Crippen LogP contribution in [0.1, 0.15) is 42.1 Å². The van der Waals surface area contributed by atoms with Crippen molar-refractivity contribution in [1.82, 2.24) is 15.0 Å². The summed E-state index contributed by atoms with van der Waals surface area (Å²) in [5.41, 5.74) is 2.72. The molecule has 0 bridgehead atoms. The number of nitrogens with zero attached hydrogens (tertiary/aromatic N) is 3. The molecule has 39 heavy (non-hydrogen) atoms. The number of fused-ring (bicyclic) bond motifs is 1. The van der Waals surface area contributed by atoms with Crippen LogP contribution in [-0.2, 0) is 11.3 Å². The summed E-state index contributed by atoms with van der Waals surface area (Å²) in [4.78, 5) is 24.0. The number of carboxylic acids is 2. The average molecular weight is 544 g/mol. The third-order valence-electron chi connectivity index (χ3n) is 7.93. The van der Waals surface area contributed by atoms with Crippen LogP contribution in [0.25, 0.3) is 16.3 Å². The number of aryl methyl sites for hydroxylation is 1. The third-order valence-corrected chi connectivity index (χ3v) is 8.28. The first kappa shape index (κ1) is 26.6. The minimum absolute atomic E-state index is 0.0780. The van der Waals surface area contributed by atoms with Crippen molar-refractivity contribution in [3.05, 3.63) is 102 Å². The molecule has 0 radical (unpaired) electrons. The zero-order valence-corrected chi connectivity index (χ0v) is 22.3. The molecule has 200 valence electrons. The molecule has 0 aliphatic heterocycles. The van der Waals surface area contributed by atoms with Gasteiger partial charge in [0.1, 0.15) is 5.69 Å². The van der Waals surface area contributed by atoms with Crippen molar-refractivity contribution in [3.8, 4) is 11.3 Å². The molecule has 2 aromatic carbocycles. The third kappa shape index (κ3) is 5.45.